The number of hydrogen-bond acceptors (Lipinski definition) is 6. The van der Waals surface area contributed by atoms with Crippen LogP contribution in [0.3, 0.4) is 0 Å². The van der Waals surface area contributed by atoms with Crippen LogP contribution in [0.5, 0.6) is 0 Å². The number of halogens is 1. The van der Waals surface area contributed by atoms with E-state index in [0.717, 1.165) is 16.4 Å². The molecule has 0 aliphatic carbocycles. The molecule has 120 valence electrons. The molecule has 1 aliphatic heterocycles. The molecular formula is C12H13BrN2O6S. The maximum Gasteiger partial charge on any atom is 0.324 e. The van der Waals surface area contributed by atoms with Crippen LogP contribution < -0.4 is 0 Å². The van der Waals surface area contributed by atoms with Crippen molar-refractivity contribution in [2.45, 2.75) is 23.8 Å². The quantitative estimate of drug-likeness (QED) is 0.438. The highest BCUT2D eigenvalue weighted by atomic mass is 79.9. The Bertz CT molecular complexity index is 720. The normalized spacial score (nSPS) is 19.1. The van der Waals surface area contributed by atoms with E-state index in [0.29, 0.717) is 17.3 Å². The Morgan fingerprint density at radius 2 is 2.18 bits per heavy atom. The summed E-state index contributed by atoms with van der Waals surface area (Å²) in [6.07, 6.45) is 0.819. The molecule has 0 N–H and O–H groups in total. The first-order chi connectivity index (χ1) is 10.3. The van der Waals surface area contributed by atoms with Gasteiger partial charge in [-0.25, -0.2) is 8.42 Å². The highest BCUT2D eigenvalue weighted by Crippen LogP contribution is 2.33. The van der Waals surface area contributed by atoms with Crippen LogP contribution in [0.15, 0.2) is 27.6 Å². The zero-order chi connectivity index (χ0) is 16.5. The topological polar surface area (TPSA) is 107 Å². The predicted molar refractivity (Wildman–Crippen MR) is 79.7 cm³/mol. The van der Waals surface area contributed by atoms with E-state index in [4.69, 9.17) is 0 Å². The second-order valence-corrected chi connectivity index (χ2v) is 7.44. The maximum atomic E-state index is 12.7. The molecule has 1 aromatic carbocycles. The average Bonchev–Trinajstić information content (AvgIpc) is 2.96. The van der Waals surface area contributed by atoms with Gasteiger partial charge in [0, 0.05) is 17.1 Å². The van der Waals surface area contributed by atoms with Crippen LogP contribution in [0.2, 0.25) is 0 Å². The fourth-order valence-corrected chi connectivity index (χ4v) is 4.51. The molecule has 1 aromatic rings. The number of carbonyl (C=O) groups excluding carboxylic acids is 1. The minimum atomic E-state index is -4.17. The number of carbonyl (C=O) groups is 1. The fourth-order valence-electron chi connectivity index (χ4n) is 2.38. The Balaban J connectivity index is 2.51. The summed E-state index contributed by atoms with van der Waals surface area (Å²) in [6.45, 7) is 0.120. The van der Waals surface area contributed by atoms with Gasteiger partial charge in [-0.05, 0) is 25.0 Å². The zero-order valence-corrected chi connectivity index (χ0v) is 14.0. The van der Waals surface area contributed by atoms with Crippen molar-refractivity contribution in [1.82, 2.24) is 4.31 Å². The van der Waals surface area contributed by atoms with Crippen molar-refractivity contribution in [2.75, 3.05) is 13.7 Å². The summed E-state index contributed by atoms with van der Waals surface area (Å²) >= 11 is 3.07. The summed E-state index contributed by atoms with van der Waals surface area (Å²) in [4.78, 5) is 21.6. The van der Waals surface area contributed by atoms with Crippen LogP contribution in [0, 0.1) is 10.1 Å². The minimum Gasteiger partial charge on any atom is -0.468 e. The van der Waals surface area contributed by atoms with Crippen LogP contribution in [-0.4, -0.2) is 43.3 Å². The van der Waals surface area contributed by atoms with E-state index in [2.05, 4.69) is 20.7 Å². The zero-order valence-electron chi connectivity index (χ0n) is 11.6. The van der Waals surface area contributed by atoms with Gasteiger partial charge in [0.15, 0.2) is 4.90 Å². The molecule has 1 heterocycles. The summed E-state index contributed by atoms with van der Waals surface area (Å²) in [7, 11) is -2.99. The molecule has 1 saturated heterocycles. The lowest BCUT2D eigenvalue weighted by atomic mass is 10.2. The van der Waals surface area contributed by atoms with Crippen LogP contribution >= 0.6 is 15.9 Å². The standard InChI is InChI=1S/C12H13BrN2O6S/c1-21-12(16)9-3-2-6-14(9)22(19,20)11-5-4-8(13)7-10(11)15(17)18/h4-5,7,9H,2-3,6H2,1H3. The number of rotatable bonds is 4. The third kappa shape index (κ3) is 2.99. The molecule has 8 nitrogen and oxygen atoms in total. The van der Waals surface area contributed by atoms with Gasteiger partial charge in [0.2, 0.25) is 0 Å². The number of esters is 1. The van der Waals surface area contributed by atoms with E-state index < -0.39 is 37.5 Å². The van der Waals surface area contributed by atoms with Crippen LogP contribution in [0.1, 0.15) is 12.8 Å². The summed E-state index contributed by atoms with van der Waals surface area (Å²) in [5.41, 5.74) is -0.537. The largest absolute Gasteiger partial charge is 0.468 e. The Morgan fingerprint density at radius 3 is 2.77 bits per heavy atom. The van der Waals surface area contributed by atoms with Crippen molar-refractivity contribution in [3.8, 4) is 0 Å². The number of nitro groups is 1. The average molecular weight is 393 g/mol. The van der Waals surface area contributed by atoms with Crippen molar-refractivity contribution in [3.63, 3.8) is 0 Å². The molecule has 1 unspecified atom stereocenters. The number of benzene rings is 1. The lowest BCUT2D eigenvalue weighted by molar-refractivity contribution is -0.387. The van der Waals surface area contributed by atoms with Gasteiger partial charge in [-0.3, -0.25) is 14.9 Å². The van der Waals surface area contributed by atoms with E-state index in [-0.39, 0.29) is 6.54 Å². The third-order valence-corrected chi connectivity index (χ3v) is 5.83. The Morgan fingerprint density at radius 1 is 1.50 bits per heavy atom. The Labute approximate surface area is 135 Å². The van der Waals surface area contributed by atoms with Crippen LogP contribution in [0.25, 0.3) is 0 Å². The van der Waals surface area contributed by atoms with E-state index >= 15 is 0 Å². The minimum absolute atomic E-state index is 0.120. The van der Waals surface area contributed by atoms with Crippen LogP contribution in [0.4, 0.5) is 5.69 Å². The number of nitro benzene ring substituents is 1. The third-order valence-electron chi connectivity index (χ3n) is 3.38. The lowest BCUT2D eigenvalue weighted by Gasteiger charge is -2.22. The van der Waals surface area contributed by atoms with Gasteiger partial charge in [-0.2, -0.15) is 4.31 Å². The molecular weight excluding hydrogens is 380 g/mol. The van der Waals surface area contributed by atoms with Crippen molar-refractivity contribution in [2.24, 2.45) is 0 Å². The van der Waals surface area contributed by atoms with Gasteiger partial charge in [-0.15, -0.1) is 0 Å². The summed E-state index contributed by atoms with van der Waals surface area (Å²) < 4.78 is 31.4. The van der Waals surface area contributed by atoms with Crippen molar-refractivity contribution in [3.05, 3.63) is 32.8 Å². The summed E-state index contributed by atoms with van der Waals surface area (Å²) in [5, 5.41) is 11.1. The number of methoxy groups -OCH3 is 1. The maximum absolute atomic E-state index is 12.7. The molecule has 0 bridgehead atoms. The number of ether oxygens (including phenoxy) is 1. The number of sulfonamides is 1. The highest BCUT2D eigenvalue weighted by Gasteiger charge is 2.42. The van der Waals surface area contributed by atoms with Crippen molar-refractivity contribution >= 4 is 37.6 Å². The second-order valence-electron chi connectivity index (χ2n) is 4.67. The van der Waals surface area contributed by atoms with Gasteiger partial charge in [0.05, 0.1) is 12.0 Å². The first-order valence-corrected chi connectivity index (χ1v) is 8.56. The molecule has 1 fully saturated rings. The molecule has 0 saturated carbocycles. The molecule has 0 radical (unpaired) electrons. The monoisotopic (exact) mass is 392 g/mol. The predicted octanol–water partition coefficient (Wildman–Crippen LogP) is 1.68. The van der Waals surface area contributed by atoms with E-state index in [1.54, 1.807) is 0 Å². The highest BCUT2D eigenvalue weighted by molar-refractivity contribution is 9.10. The number of nitrogens with zero attached hydrogens (tertiary/aromatic N) is 2. The van der Waals surface area contributed by atoms with Crippen LogP contribution in [-0.2, 0) is 19.6 Å². The molecule has 10 heteroatoms. The van der Waals surface area contributed by atoms with Gasteiger partial charge in [0.25, 0.3) is 15.7 Å². The van der Waals surface area contributed by atoms with E-state index in [1.807, 2.05) is 0 Å². The van der Waals surface area contributed by atoms with Crippen molar-refractivity contribution in [1.29, 1.82) is 0 Å². The first kappa shape index (κ1) is 16.8. The molecule has 2 rings (SSSR count). The lowest BCUT2D eigenvalue weighted by Crippen LogP contribution is -2.41. The molecule has 0 amide bonds. The molecule has 0 aromatic heterocycles. The molecule has 22 heavy (non-hydrogen) atoms. The smallest absolute Gasteiger partial charge is 0.324 e. The number of hydrogen-bond donors (Lipinski definition) is 0. The van der Waals surface area contributed by atoms with E-state index in [9.17, 15) is 23.3 Å². The summed E-state index contributed by atoms with van der Waals surface area (Å²) in [5.74, 6) is -0.666. The van der Waals surface area contributed by atoms with Gasteiger partial charge in [0.1, 0.15) is 6.04 Å². The van der Waals surface area contributed by atoms with Gasteiger partial charge in [-0.1, -0.05) is 15.9 Å². The Kier molecular flexibility index (Phi) is 4.83. The first-order valence-electron chi connectivity index (χ1n) is 6.32. The Hall–Kier alpha value is -1.52. The van der Waals surface area contributed by atoms with Crippen molar-refractivity contribution < 1.29 is 22.9 Å². The molecule has 1 aliphatic rings. The van der Waals surface area contributed by atoms with Gasteiger partial charge < -0.3 is 4.74 Å². The summed E-state index contributed by atoms with van der Waals surface area (Å²) in [6, 6.07) is 2.74. The fraction of sp³-hybridized carbons (Fsp3) is 0.417. The SMILES string of the molecule is COC(=O)C1CCCN1S(=O)(=O)c1ccc(Br)cc1[N+](=O)[O-]. The molecule has 1 atom stereocenters. The second kappa shape index (κ2) is 6.31. The van der Waals surface area contributed by atoms with E-state index in [1.165, 1.54) is 13.2 Å². The molecule has 0 spiro atoms. The van der Waals surface area contributed by atoms with Gasteiger partial charge >= 0.3 is 5.97 Å².